The predicted octanol–water partition coefficient (Wildman–Crippen LogP) is 1.61. The van der Waals surface area contributed by atoms with E-state index in [4.69, 9.17) is 0 Å². The zero-order valence-corrected chi connectivity index (χ0v) is 11.0. The van der Waals surface area contributed by atoms with Crippen LogP contribution in [0.4, 0.5) is 14.6 Å². The maximum absolute atomic E-state index is 14.2. The second kappa shape index (κ2) is 4.37. The van der Waals surface area contributed by atoms with Crippen LogP contribution < -0.4 is 10.2 Å². The molecule has 2 fully saturated rings. The third-order valence-electron chi connectivity index (χ3n) is 4.32. The summed E-state index contributed by atoms with van der Waals surface area (Å²) < 4.78 is 28.4. The van der Waals surface area contributed by atoms with E-state index < -0.39 is 11.3 Å². The monoisotopic (exact) mass is 268 g/mol. The lowest BCUT2D eigenvalue weighted by atomic mass is 9.76. The Labute approximate surface area is 111 Å². The van der Waals surface area contributed by atoms with E-state index in [0.29, 0.717) is 38.4 Å². The number of anilines is 1. The molecule has 6 heteroatoms. The lowest BCUT2D eigenvalue weighted by Crippen LogP contribution is -2.55. The molecular formula is C13H18F2N4. The van der Waals surface area contributed by atoms with Crippen molar-refractivity contribution in [3.63, 3.8) is 0 Å². The summed E-state index contributed by atoms with van der Waals surface area (Å²) in [5.74, 6) is -1.89. The van der Waals surface area contributed by atoms with Crippen molar-refractivity contribution in [2.45, 2.75) is 25.7 Å². The van der Waals surface area contributed by atoms with Crippen molar-refractivity contribution >= 4 is 5.82 Å². The van der Waals surface area contributed by atoms with Crippen LogP contribution in [0.5, 0.6) is 0 Å². The number of rotatable bonds is 1. The lowest BCUT2D eigenvalue weighted by Gasteiger charge is -2.41. The van der Waals surface area contributed by atoms with E-state index in [1.54, 1.807) is 0 Å². The average Bonchev–Trinajstić information content (AvgIpc) is 2.80. The van der Waals surface area contributed by atoms with Gasteiger partial charge in [0.2, 0.25) is 0 Å². The molecule has 0 aromatic carbocycles. The first-order valence-corrected chi connectivity index (χ1v) is 6.66. The van der Waals surface area contributed by atoms with Crippen LogP contribution in [0.2, 0.25) is 0 Å². The second-order valence-corrected chi connectivity index (χ2v) is 5.62. The Hall–Kier alpha value is -1.30. The number of nitrogens with one attached hydrogen (secondary N) is 1. The zero-order valence-electron chi connectivity index (χ0n) is 11.0. The molecule has 1 aromatic heterocycles. The summed E-state index contributed by atoms with van der Waals surface area (Å²) >= 11 is 0. The Morgan fingerprint density at radius 2 is 2.11 bits per heavy atom. The van der Waals surface area contributed by atoms with Crippen LogP contribution in [0.25, 0.3) is 0 Å². The Morgan fingerprint density at radius 1 is 1.26 bits per heavy atom. The van der Waals surface area contributed by atoms with E-state index in [2.05, 4.69) is 15.5 Å². The molecule has 0 saturated carbocycles. The first-order valence-electron chi connectivity index (χ1n) is 6.66. The van der Waals surface area contributed by atoms with Crippen LogP contribution >= 0.6 is 0 Å². The molecule has 1 spiro atoms. The van der Waals surface area contributed by atoms with Gasteiger partial charge in [-0.05, 0) is 25.5 Å². The van der Waals surface area contributed by atoms with E-state index in [0.717, 1.165) is 5.69 Å². The predicted molar refractivity (Wildman–Crippen MR) is 68.5 cm³/mol. The Morgan fingerprint density at radius 3 is 2.79 bits per heavy atom. The SMILES string of the molecule is Cc1ccc(N2CC[C@]3(CNCCC3(F)F)C2)nn1. The van der Waals surface area contributed by atoms with E-state index in [1.807, 2.05) is 24.0 Å². The summed E-state index contributed by atoms with van der Waals surface area (Å²) in [5.41, 5.74) is -0.111. The van der Waals surface area contributed by atoms with Crippen molar-refractivity contribution in [2.75, 3.05) is 31.1 Å². The first-order chi connectivity index (χ1) is 9.02. The van der Waals surface area contributed by atoms with Gasteiger partial charge in [-0.1, -0.05) is 0 Å². The van der Waals surface area contributed by atoms with Gasteiger partial charge in [-0.15, -0.1) is 5.10 Å². The zero-order chi connectivity index (χ0) is 13.5. The molecule has 0 unspecified atom stereocenters. The van der Waals surface area contributed by atoms with Crippen LogP contribution in [0, 0.1) is 12.3 Å². The maximum Gasteiger partial charge on any atom is 0.257 e. The van der Waals surface area contributed by atoms with Gasteiger partial charge in [-0.2, -0.15) is 5.10 Å². The van der Waals surface area contributed by atoms with Gasteiger partial charge in [0.15, 0.2) is 5.82 Å². The molecule has 3 heterocycles. The Bertz CT molecular complexity index is 462. The highest BCUT2D eigenvalue weighted by Gasteiger charge is 2.57. The van der Waals surface area contributed by atoms with E-state index in [-0.39, 0.29) is 6.42 Å². The van der Waals surface area contributed by atoms with E-state index in [9.17, 15) is 8.78 Å². The third kappa shape index (κ3) is 2.08. The molecule has 1 aromatic rings. The number of nitrogens with zero attached hydrogens (tertiary/aromatic N) is 3. The molecule has 4 nitrogen and oxygen atoms in total. The normalized spacial score (nSPS) is 29.9. The average molecular weight is 268 g/mol. The number of aromatic nitrogens is 2. The van der Waals surface area contributed by atoms with Gasteiger partial charge >= 0.3 is 0 Å². The minimum Gasteiger partial charge on any atom is -0.354 e. The molecule has 0 amide bonds. The van der Waals surface area contributed by atoms with Gasteiger partial charge in [0.25, 0.3) is 5.92 Å². The van der Waals surface area contributed by atoms with Crippen molar-refractivity contribution in [3.05, 3.63) is 17.8 Å². The van der Waals surface area contributed by atoms with Gasteiger partial charge < -0.3 is 10.2 Å². The Balaban J connectivity index is 1.81. The number of piperidine rings is 1. The minimum absolute atomic E-state index is 0.0690. The smallest absolute Gasteiger partial charge is 0.257 e. The maximum atomic E-state index is 14.2. The number of halogens is 2. The van der Waals surface area contributed by atoms with Crippen molar-refractivity contribution in [3.8, 4) is 0 Å². The molecule has 2 aliphatic heterocycles. The van der Waals surface area contributed by atoms with Crippen LogP contribution in [0.15, 0.2) is 12.1 Å². The summed E-state index contributed by atoms with van der Waals surface area (Å²) in [4.78, 5) is 1.92. The Kier molecular flexibility index (Phi) is 2.92. The van der Waals surface area contributed by atoms with Crippen molar-refractivity contribution in [1.29, 1.82) is 0 Å². The molecule has 0 radical (unpaired) electrons. The van der Waals surface area contributed by atoms with Crippen molar-refractivity contribution in [2.24, 2.45) is 5.41 Å². The molecule has 1 atom stereocenters. The minimum atomic E-state index is -2.59. The number of hydrogen-bond acceptors (Lipinski definition) is 4. The van der Waals surface area contributed by atoms with Gasteiger partial charge in [0, 0.05) is 32.6 Å². The van der Waals surface area contributed by atoms with Crippen LogP contribution in [-0.2, 0) is 0 Å². The van der Waals surface area contributed by atoms with Crippen molar-refractivity contribution in [1.82, 2.24) is 15.5 Å². The second-order valence-electron chi connectivity index (χ2n) is 5.62. The third-order valence-corrected chi connectivity index (χ3v) is 4.32. The topological polar surface area (TPSA) is 41.0 Å². The van der Waals surface area contributed by atoms with Crippen LogP contribution in [0.1, 0.15) is 18.5 Å². The fraction of sp³-hybridized carbons (Fsp3) is 0.692. The molecule has 2 aliphatic rings. The summed E-state index contributed by atoms with van der Waals surface area (Å²) in [7, 11) is 0. The molecule has 2 saturated heterocycles. The lowest BCUT2D eigenvalue weighted by molar-refractivity contribution is -0.131. The summed E-state index contributed by atoms with van der Waals surface area (Å²) in [6.07, 6.45) is 0.434. The summed E-state index contributed by atoms with van der Waals surface area (Å²) in [6.45, 7) is 3.62. The van der Waals surface area contributed by atoms with Crippen LogP contribution in [-0.4, -0.2) is 42.3 Å². The van der Waals surface area contributed by atoms with E-state index >= 15 is 0 Å². The highest BCUT2D eigenvalue weighted by Crippen LogP contribution is 2.48. The fourth-order valence-electron chi connectivity index (χ4n) is 3.04. The van der Waals surface area contributed by atoms with Gasteiger partial charge in [-0.3, -0.25) is 0 Å². The van der Waals surface area contributed by atoms with Gasteiger partial charge in [-0.25, -0.2) is 8.78 Å². The highest BCUT2D eigenvalue weighted by molar-refractivity contribution is 5.40. The first kappa shape index (κ1) is 12.7. The molecule has 104 valence electrons. The number of alkyl halides is 2. The van der Waals surface area contributed by atoms with Gasteiger partial charge in [0.1, 0.15) is 0 Å². The molecular weight excluding hydrogens is 250 g/mol. The van der Waals surface area contributed by atoms with Crippen molar-refractivity contribution < 1.29 is 8.78 Å². The fourth-order valence-corrected chi connectivity index (χ4v) is 3.04. The van der Waals surface area contributed by atoms with Gasteiger partial charge in [0.05, 0.1) is 11.1 Å². The summed E-state index contributed by atoms with van der Waals surface area (Å²) in [6, 6.07) is 3.72. The molecule has 0 bridgehead atoms. The quantitative estimate of drug-likeness (QED) is 0.840. The molecule has 19 heavy (non-hydrogen) atoms. The molecule has 1 N–H and O–H groups in total. The number of aryl methyl sites for hydroxylation is 1. The molecule has 3 rings (SSSR count). The summed E-state index contributed by atoms with van der Waals surface area (Å²) in [5, 5.41) is 11.2. The van der Waals surface area contributed by atoms with Crippen LogP contribution in [0.3, 0.4) is 0 Å². The largest absolute Gasteiger partial charge is 0.354 e. The number of hydrogen-bond donors (Lipinski definition) is 1. The standard InChI is InChI=1S/C13H18F2N4/c1-10-2-3-11(18-17-10)19-7-5-12(9-19)8-16-6-4-13(12,14)15/h2-3,16H,4-9H2,1H3/t12-/m0/s1. The molecule has 0 aliphatic carbocycles. The van der Waals surface area contributed by atoms with E-state index in [1.165, 1.54) is 0 Å². The highest BCUT2D eigenvalue weighted by atomic mass is 19.3.